The summed E-state index contributed by atoms with van der Waals surface area (Å²) in [6, 6.07) is 8.27. The smallest absolute Gasteiger partial charge is 0.416 e. The van der Waals surface area contributed by atoms with Gasteiger partial charge in [0.25, 0.3) is 5.82 Å². The molecule has 0 spiro atoms. The first-order valence-electron chi connectivity index (χ1n) is 9.27. The number of nitrogens with zero attached hydrogens (tertiary/aromatic N) is 3. The molecule has 0 aliphatic heterocycles. The van der Waals surface area contributed by atoms with Crippen molar-refractivity contribution >= 4 is 17.3 Å². The van der Waals surface area contributed by atoms with Gasteiger partial charge >= 0.3 is 12.1 Å². The number of thiophene rings is 1. The number of halogens is 3. The second-order valence-corrected chi connectivity index (χ2v) is 7.84. The third-order valence-corrected chi connectivity index (χ3v) is 5.76. The molecule has 2 atom stereocenters. The van der Waals surface area contributed by atoms with Gasteiger partial charge in [-0.2, -0.15) is 18.2 Å². The van der Waals surface area contributed by atoms with E-state index in [1.807, 2.05) is 5.38 Å². The Morgan fingerprint density at radius 3 is 2.67 bits per heavy atom. The van der Waals surface area contributed by atoms with E-state index in [0.717, 1.165) is 18.6 Å². The summed E-state index contributed by atoms with van der Waals surface area (Å²) in [5, 5.41) is 5.99. The molecule has 1 fully saturated rings. The maximum absolute atomic E-state index is 13.2. The minimum atomic E-state index is -4.50. The zero-order valence-corrected chi connectivity index (χ0v) is 16.7. The number of alkyl halides is 3. The van der Waals surface area contributed by atoms with Gasteiger partial charge < -0.3 is 9.47 Å². The fraction of sp³-hybridized carbons (Fsp3) is 0.350. The van der Waals surface area contributed by atoms with Crippen LogP contribution in [0.1, 0.15) is 35.4 Å². The molecule has 158 valence electrons. The predicted octanol–water partition coefficient (Wildman–Crippen LogP) is 4.74. The molecule has 3 aromatic rings. The standard InChI is InChI=1S/C20H18F3N3O3S/c1-28-14-7-8-15(11-14)29-19(27)17-24-18(16-6-3-9-30-16)26(25-17)13-5-2-4-12(10-13)20(21,22)23/h2-6,9-10,14-15H,7-8,11H2,1H3. The molecule has 0 bridgehead atoms. The molecule has 2 unspecified atom stereocenters. The summed E-state index contributed by atoms with van der Waals surface area (Å²) in [6.07, 6.45) is -2.69. The molecule has 1 aliphatic rings. The van der Waals surface area contributed by atoms with Crippen LogP contribution in [0.3, 0.4) is 0 Å². The fourth-order valence-corrected chi connectivity index (χ4v) is 4.08. The van der Waals surface area contributed by atoms with Crippen LogP contribution in [0.4, 0.5) is 13.2 Å². The zero-order chi connectivity index (χ0) is 21.3. The molecule has 1 aromatic carbocycles. The second-order valence-electron chi connectivity index (χ2n) is 6.89. The molecular formula is C20H18F3N3O3S. The summed E-state index contributed by atoms with van der Waals surface area (Å²) in [5.41, 5.74) is -0.659. The van der Waals surface area contributed by atoms with Crippen LogP contribution in [0.2, 0.25) is 0 Å². The Bertz CT molecular complexity index is 1030. The van der Waals surface area contributed by atoms with Gasteiger partial charge in [0.05, 0.1) is 22.2 Å². The van der Waals surface area contributed by atoms with E-state index in [1.54, 1.807) is 19.2 Å². The monoisotopic (exact) mass is 437 g/mol. The predicted molar refractivity (Wildman–Crippen MR) is 104 cm³/mol. The van der Waals surface area contributed by atoms with Crippen LogP contribution in [0, 0.1) is 0 Å². The number of methoxy groups -OCH3 is 1. The summed E-state index contributed by atoms with van der Waals surface area (Å²) in [4.78, 5) is 17.6. The van der Waals surface area contributed by atoms with Gasteiger partial charge in [-0.3, -0.25) is 0 Å². The van der Waals surface area contributed by atoms with Crippen molar-refractivity contribution in [2.75, 3.05) is 7.11 Å². The molecule has 10 heteroatoms. The number of carbonyl (C=O) groups excluding carboxylic acids is 1. The molecule has 1 saturated carbocycles. The van der Waals surface area contributed by atoms with Crippen molar-refractivity contribution in [1.29, 1.82) is 0 Å². The topological polar surface area (TPSA) is 66.2 Å². The van der Waals surface area contributed by atoms with Gasteiger partial charge in [-0.05, 0) is 42.5 Å². The van der Waals surface area contributed by atoms with Gasteiger partial charge in [0.15, 0.2) is 5.82 Å². The van der Waals surface area contributed by atoms with Crippen LogP contribution in [0.15, 0.2) is 41.8 Å². The third-order valence-electron chi connectivity index (χ3n) is 4.89. The van der Waals surface area contributed by atoms with Crippen molar-refractivity contribution in [2.24, 2.45) is 0 Å². The molecular weight excluding hydrogens is 419 g/mol. The van der Waals surface area contributed by atoms with Crippen LogP contribution in [0.5, 0.6) is 0 Å². The lowest BCUT2D eigenvalue weighted by atomic mass is 10.2. The maximum Gasteiger partial charge on any atom is 0.416 e. The maximum atomic E-state index is 13.2. The number of hydrogen-bond donors (Lipinski definition) is 0. The highest BCUT2D eigenvalue weighted by molar-refractivity contribution is 7.13. The SMILES string of the molecule is COC1CCC(OC(=O)c2nc(-c3cccs3)n(-c3cccc(C(F)(F)F)c3)n2)C1. The Hall–Kier alpha value is -2.72. The van der Waals surface area contributed by atoms with Crippen molar-refractivity contribution in [3.05, 3.63) is 53.2 Å². The van der Waals surface area contributed by atoms with Gasteiger partial charge in [0.2, 0.25) is 0 Å². The minimum absolute atomic E-state index is 0.0418. The average molecular weight is 437 g/mol. The molecule has 0 N–H and O–H groups in total. The van der Waals surface area contributed by atoms with Crippen molar-refractivity contribution in [3.8, 4) is 16.4 Å². The number of aromatic nitrogens is 3. The Morgan fingerprint density at radius 1 is 1.20 bits per heavy atom. The largest absolute Gasteiger partial charge is 0.456 e. The summed E-state index contributed by atoms with van der Waals surface area (Å²) in [6.45, 7) is 0. The first-order chi connectivity index (χ1) is 14.3. The minimum Gasteiger partial charge on any atom is -0.456 e. The molecule has 30 heavy (non-hydrogen) atoms. The Labute approximate surface area is 174 Å². The molecule has 6 nitrogen and oxygen atoms in total. The van der Waals surface area contributed by atoms with Crippen LogP contribution in [0.25, 0.3) is 16.4 Å². The van der Waals surface area contributed by atoms with Gasteiger partial charge in [0, 0.05) is 13.5 Å². The van der Waals surface area contributed by atoms with Crippen molar-refractivity contribution in [3.63, 3.8) is 0 Å². The highest BCUT2D eigenvalue weighted by atomic mass is 32.1. The molecule has 0 saturated heterocycles. The van der Waals surface area contributed by atoms with Crippen molar-refractivity contribution in [2.45, 2.75) is 37.6 Å². The van der Waals surface area contributed by atoms with E-state index >= 15 is 0 Å². The fourth-order valence-electron chi connectivity index (χ4n) is 3.38. The molecule has 0 amide bonds. The van der Waals surface area contributed by atoms with Crippen molar-refractivity contribution in [1.82, 2.24) is 14.8 Å². The van der Waals surface area contributed by atoms with Crippen LogP contribution in [-0.2, 0) is 15.7 Å². The average Bonchev–Trinajstić information content (AvgIpc) is 3.47. The summed E-state index contributed by atoms with van der Waals surface area (Å²) < 4.78 is 51.5. The lowest BCUT2D eigenvalue weighted by molar-refractivity contribution is -0.137. The van der Waals surface area contributed by atoms with E-state index in [9.17, 15) is 18.0 Å². The Kier molecular flexibility index (Phi) is 5.61. The highest BCUT2D eigenvalue weighted by Crippen LogP contribution is 2.32. The number of ether oxygens (including phenoxy) is 2. The number of benzene rings is 1. The quantitative estimate of drug-likeness (QED) is 0.540. The van der Waals surface area contributed by atoms with Crippen LogP contribution in [-0.4, -0.2) is 40.1 Å². The van der Waals surface area contributed by atoms with E-state index in [-0.39, 0.29) is 29.5 Å². The van der Waals surface area contributed by atoms with E-state index < -0.39 is 17.7 Å². The Morgan fingerprint density at radius 2 is 2.00 bits per heavy atom. The highest BCUT2D eigenvalue weighted by Gasteiger charge is 2.32. The summed E-state index contributed by atoms with van der Waals surface area (Å²) >= 11 is 1.34. The normalized spacial score (nSPS) is 19.2. The van der Waals surface area contributed by atoms with E-state index in [2.05, 4.69) is 10.1 Å². The first kappa shape index (κ1) is 20.5. The molecule has 4 rings (SSSR count). The lowest BCUT2D eigenvalue weighted by Gasteiger charge is -2.10. The molecule has 1 aliphatic carbocycles. The lowest BCUT2D eigenvalue weighted by Crippen LogP contribution is -2.18. The Balaban J connectivity index is 1.67. The van der Waals surface area contributed by atoms with E-state index in [4.69, 9.17) is 9.47 Å². The van der Waals surface area contributed by atoms with Gasteiger partial charge in [0.1, 0.15) is 6.10 Å². The molecule has 0 radical (unpaired) electrons. The van der Waals surface area contributed by atoms with E-state index in [0.29, 0.717) is 17.7 Å². The van der Waals surface area contributed by atoms with Gasteiger partial charge in [-0.25, -0.2) is 9.48 Å². The van der Waals surface area contributed by atoms with Crippen LogP contribution < -0.4 is 0 Å². The second kappa shape index (κ2) is 8.19. The van der Waals surface area contributed by atoms with E-state index in [1.165, 1.54) is 28.2 Å². The summed E-state index contributed by atoms with van der Waals surface area (Å²) in [5.74, 6) is -0.630. The van der Waals surface area contributed by atoms with Crippen molar-refractivity contribution < 1.29 is 27.4 Å². The number of hydrogen-bond acceptors (Lipinski definition) is 6. The first-order valence-corrected chi connectivity index (χ1v) is 10.2. The summed E-state index contributed by atoms with van der Waals surface area (Å²) in [7, 11) is 1.61. The molecule has 2 aromatic heterocycles. The number of rotatable bonds is 5. The number of carbonyl (C=O) groups is 1. The zero-order valence-electron chi connectivity index (χ0n) is 15.9. The van der Waals surface area contributed by atoms with Crippen LogP contribution >= 0.6 is 11.3 Å². The third kappa shape index (κ3) is 4.24. The molecule has 2 heterocycles. The number of esters is 1. The van der Waals surface area contributed by atoms with Gasteiger partial charge in [-0.15, -0.1) is 16.4 Å². The van der Waals surface area contributed by atoms with Gasteiger partial charge in [-0.1, -0.05) is 12.1 Å².